The maximum absolute atomic E-state index is 12.2. The van der Waals surface area contributed by atoms with Crippen LogP contribution >= 0.6 is 23.1 Å². The van der Waals surface area contributed by atoms with Crippen LogP contribution in [-0.4, -0.2) is 50.1 Å². The summed E-state index contributed by atoms with van der Waals surface area (Å²) in [5.74, 6) is -1.02. The van der Waals surface area contributed by atoms with Crippen molar-refractivity contribution in [1.82, 2.24) is 0 Å². The summed E-state index contributed by atoms with van der Waals surface area (Å²) in [5.41, 5.74) is 2.14. The molecule has 0 saturated heterocycles. The van der Waals surface area contributed by atoms with Gasteiger partial charge in [0.1, 0.15) is 0 Å². The standard InChI is InChI=1S/C20H13N2OS2.C2H4O2.Na/c23-19-18(25-20(22-19)21-15-9-5-2-6-10-15)13-16-11-12-17(24-16)14-7-3-1-4-8-14;1-2(3)4;/h1,3-13H,(H,21,22,23);1H3,(H,3,4);/b18-13+;;. The van der Waals surface area contributed by atoms with Crippen molar-refractivity contribution >= 4 is 82.6 Å². The number of benzene rings is 2. The van der Waals surface area contributed by atoms with Crippen LogP contribution in [0.15, 0.2) is 76.6 Å². The first-order valence-corrected chi connectivity index (χ1v) is 11.7. The first kappa shape index (κ1) is 22.5. The number of rotatable bonds is 3. The zero-order valence-electron chi connectivity index (χ0n) is 16.5. The van der Waals surface area contributed by atoms with E-state index in [1.54, 1.807) is 11.3 Å². The van der Waals surface area contributed by atoms with Gasteiger partial charge in [-0.2, -0.15) is 0 Å². The molecular weight excluding hydrogens is 427 g/mol. The molecular formula is C22H17N2NaO3S2. The summed E-state index contributed by atoms with van der Waals surface area (Å²) >= 11 is 4.09. The Morgan fingerprint density at radius 1 is 1.07 bits per heavy atom. The Kier molecular flexibility index (Phi) is 8.07. The third-order valence-corrected chi connectivity index (χ3v) is 6.53. The van der Waals surface area contributed by atoms with Gasteiger partial charge in [0.15, 0.2) is 0 Å². The van der Waals surface area contributed by atoms with Gasteiger partial charge in [-0.05, 0) is 5.56 Å². The number of aliphatic imine (C=N–C) groups is 1. The molecule has 0 radical (unpaired) electrons. The summed E-state index contributed by atoms with van der Waals surface area (Å²) < 4.78 is 1.33. The van der Waals surface area contributed by atoms with Crippen LogP contribution in [0.2, 0.25) is 0 Å². The Morgan fingerprint density at radius 3 is 2.40 bits per heavy atom. The minimum atomic E-state index is -0.833. The van der Waals surface area contributed by atoms with Gasteiger partial charge in [0.05, 0.1) is 0 Å². The number of carboxylic acid groups (broad SMARTS) is 1. The number of thiophene rings is 1. The van der Waals surface area contributed by atoms with Gasteiger partial charge in [0.2, 0.25) is 0 Å². The van der Waals surface area contributed by atoms with Crippen molar-refractivity contribution in [2.75, 3.05) is 5.32 Å². The first-order chi connectivity index (χ1) is 14.4. The fraction of sp³-hybridized carbons (Fsp3) is 0.0455. The van der Waals surface area contributed by atoms with Crippen LogP contribution in [0.1, 0.15) is 11.8 Å². The van der Waals surface area contributed by atoms with E-state index in [0.29, 0.717) is 10.1 Å². The zero-order valence-corrected chi connectivity index (χ0v) is 20.1. The molecule has 0 fully saturated rings. The quantitative estimate of drug-likeness (QED) is 0.463. The number of carbonyl (C=O) groups is 2. The summed E-state index contributed by atoms with van der Waals surface area (Å²) in [6.45, 7) is 1.08. The number of hydrogen-bond acceptors (Lipinski definition) is 5. The monoisotopic (exact) mass is 444 g/mol. The van der Waals surface area contributed by atoms with Crippen LogP contribution in [0, 0.1) is 0 Å². The molecule has 0 unspecified atom stereocenters. The van der Waals surface area contributed by atoms with Gasteiger partial charge in [-0.25, -0.2) is 0 Å². The van der Waals surface area contributed by atoms with E-state index >= 15 is 0 Å². The molecule has 1 aromatic heterocycles. The number of anilines is 1. The third-order valence-electron chi connectivity index (χ3n) is 3.88. The number of aliphatic carboxylic acids is 1. The van der Waals surface area contributed by atoms with Gasteiger partial charge in [0, 0.05) is 6.92 Å². The van der Waals surface area contributed by atoms with E-state index in [1.807, 2.05) is 42.5 Å². The summed E-state index contributed by atoms with van der Waals surface area (Å²) in [4.78, 5) is 28.2. The van der Waals surface area contributed by atoms with Crippen molar-refractivity contribution in [2.45, 2.75) is 6.92 Å². The molecule has 3 aromatic rings. The third kappa shape index (κ3) is 6.68. The van der Waals surface area contributed by atoms with Crippen molar-refractivity contribution in [2.24, 2.45) is 4.99 Å². The molecule has 5 nitrogen and oxygen atoms in total. The normalized spacial score (nSPS) is 14.2. The molecule has 30 heavy (non-hydrogen) atoms. The van der Waals surface area contributed by atoms with Crippen LogP contribution in [-0.2, 0) is 9.59 Å². The molecule has 0 aliphatic carbocycles. The number of nitrogens with one attached hydrogen (secondary N) is 1. The Balaban J connectivity index is 0.000000589. The van der Waals surface area contributed by atoms with E-state index < -0.39 is 5.97 Å². The summed E-state index contributed by atoms with van der Waals surface area (Å²) in [6.07, 6.45) is 1.92. The second-order valence-corrected chi connectivity index (χ2v) is 9.71. The molecule has 1 aliphatic rings. The average molecular weight is 445 g/mol. The van der Waals surface area contributed by atoms with Gasteiger partial charge in [-0.1, -0.05) is 30.3 Å². The van der Waals surface area contributed by atoms with E-state index in [4.69, 9.17) is 9.90 Å². The number of amidine groups is 1. The average Bonchev–Trinajstić information content (AvgIpc) is 3.31. The van der Waals surface area contributed by atoms with Crippen LogP contribution in [0.25, 0.3) is 16.5 Å². The van der Waals surface area contributed by atoms with Crippen molar-refractivity contribution < 1.29 is 14.7 Å². The molecule has 0 spiro atoms. The summed E-state index contributed by atoms with van der Waals surface area (Å²) in [7, 11) is 0. The number of carbonyl (C=O) groups excluding carboxylic acids is 1. The van der Waals surface area contributed by atoms with Crippen LogP contribution in [0.5, 0.6) is 0 Å². The molecule has 0 saturated carbocycles. The molecule has 8 heteroatoms. The van der Waals surface area contributed by atoms with Crippen molar-refractivity contribution in [1.29, 1.82) is 0 Å². The Labute approximate surface area is 200 Å². The zero-order chi connectivity index (χ0) is 21.5. The number of carboxylic acids is 1. The number of hydrogen-bond donors (Lipinski definition) is 2. The summed E-state index contributed by atoms with van der Waals surface area (Å²) in [5, 5.41) is 11.3. The molecule has 1 aliphatic heterocycles. The summed E-state index contributed by atoms with van der Waals surface area (Å²) in [6, 6.07) is 22.6. The maximum atomic E-state index is 12.2. The molecule has 0 atom stereocenters. The van der Waals surface area contributed by atoms with E-state index in [0.717, 1.165) is 45.4 Å². The molecule has 2 aromatic carbocycles. The fourth-order valence-corrected chi connectivity index (χ4v) is 4.73. The number of amides is 1. The Hall–Kier alpha value is -2.16. The van der Waals surface area contributed by atoms with Gasteiger partial charge >= 0.3 is 143 Å². The predicted molar refractivity (Wildman–Crippen MR) is 127 cm³/mol. The Morgan fingerprint density at radius 2 is 1.73 bits per heavy atom. The fourth-order valence-electron chi connectivity index (χ4n) is 2.54. The predicted octanol–water partition coefficient (Wildman–Crippen LogP) is 4.38. The Bertz CT molecular complexity index is 1100. The molecule has 2 heterocycles. The van der Waals surface area contributed by atoms with E-state index in [2.05, 4.69) is 40.6 Å². The topological polar surface area (TPSA) is 78.8 Å². The van der Waals surface area contributed by atoms with Gasteiger partial charge < -0.3 is 5.11 Å². The minimum absolute atomic E-state index is 0.188. The van der Waals surface area contributed by atoms with Gasteiger partial charge in [-0.15, -0.1) is 0 Å². The molecule has 4 rings (SSSR count). The number of thioether (sulfide) groups is 1. The van der Waals surface area contributed by atoms with Crippen molar-refractivity contribution in [3.63, 3.8) is 0 Å². The van der Waals surface area contributed by atoms with E-state index in [9.17, 15) is 4.79 Å². The SMILES string of the molecule is CC(=O)O.O=C1N=C(Nc2cc[c]([Na])cc2)S/C1=C/c1ccc(-c2ccccc2)s1. The van der Waals surface area contributed by atoms with Crippen molar-refractivity contribution in [3.05, 3.63) is 76.5 Å². The molecule has 0 bridgehead atoms. The number of nitrogens with zero attached hydrogens (tertiary/aromatic N) is 1. The van der Waals surface area contributed by atoms with Crippen LogP contribution < -0.4 is 8.13 Å². The first-order valence-electron chi connectivity index (χ1n) is 9.12. The second-order valence-electron chi connectivity index (χ2n) is 6.41. The van der Waals surface area contributed by atoms with Crippen molar-refractivity contribution in [3.8, 4) is 10.4 Å². The molecule has 1 amide bonds. The van der Waals surface area contributed by atoms with Crippen LogP contribution in [0.3, 0.4) is 0 Å². The van der Waals surface area contributed by atoms with E-state index in [1.165, 1.54) is 25.0 Å². The molecule has 2 N–H and O–H groups in total. The molecule has 146 valence electrons. The second kappa shape index (κ2) is 10.7. The van der Waals surface area contributed by atoms with Gasteiger partial charge in [-0.3, -0.25) is 4.79 Å². The van der Waals surface area contributed by atoms with Crippen LogP contribution in [0.4, 0.5) is 5.69 Å². The van der Waals surface area contributed by atoms with Gasteiger partial charge in [0.25, 0.3) is 5.97 Å². The van der Waals surface area contributed by atoms with E-state index in [-0.39, 0.29) is 5.91 Å².